The summed E-state index contributed by atoms with van der Waals surface area (Å²) in [5.41, 5.74) is 0.685. The van der Waals surface area contributed by atoms with Gasteiger partial charge >= 0.3 is 5.97 Å². The highest BCUT2D eigenvalue weighted by molar-refractivity contribution is 6.08. The van der Waals surface area contributed by atoms with Crippen LogP contribution in [-0.4, -0.2) is 26.3 Å². The van der Waals surface area contributed by atoms with E-state index in [0.29, 0.717) is 5.69 Å². The molecule has 0 spiro atoms. The second kappa shape index (κ2) is 9.45. The Kier molecular flexibility index (Phi) is 8.46. The Morgan fingerprint density at radius 3 is 2.29 bits per heavy atom. The standard InChI is InChI=1S/C10H11NO3.C2H5B/c1-8(12)14-7-10(13)11-9-5-3-2-4-6-9;1-2-3/h2-6H,7H2,1H3,(H,11,13);2H2,1H3. The topological polar surface area (TPSA) is 55.4 Å². The molecule has 1 aromatic rings. The van der Waals surface area contributed by atoms with Gasteiger partial charge in [-0.15, -0.1) is 0 Å². The fraction of sp³-hybridized carbons (Fsp3) is 0.333. The smallest absolute Gasteiger partial charge is 0.303 e. The zero-order chi connectivity index (χ0) is 13.1. The highest BCUT2D eigenvalue weighted by Crippen LogP contribution is 2.04. The van der Waals surface area contributed by atoms with Crippen LogP contribution in [0.1, 0.15) is 13.8 Å². The Hall–Kier alpha value is -1.78. The Balaban J connectivity index is 0.000000770. The third-order valence-corrected chi connectivity index (χ3v) is 1.46. The van der Waals surface area contributed by atoms with E-state index in [4.69, 9.17) is 7.85 Å². The molecule has 17 heavy (non-hydrogen) atoms. The van der Waals surface area contributed by atoms with Gasteiger partial charge in [0.1, 0.15) is 0 Å². The molecule has 0 heterocycles. The van der Waals surface area contributed by atoms with E-state index < -0.39 is 5.97 Å². The van der Waals surface area contributed by atoms with Gasteiger partial charge in [-0.2, -0.15) is 0 Å². The van der Waals surface area contributed by atoms with E-state index in [9.17, 15) is 9.59 Å². The number of benzene rings is 1. The third-order valence-electron chi connectivity index (χ3n) is 1.46. The molecule has 1 aromatic carbocycles. The number of rotatable bonds is 3. The molecule has 0 bridgehead atoms. The lowest BCUT2D eigenvalue weighted by Gasteiger charge is -2.04. The summed E-state index contributed by atoms with van der Waals surface area (Å²) in [4.78, 5) is 21.5. The summed E-state index contributed by atoms with van der Waals surface area (Å²) >= 11 is 0. The predicted molar refractivity (Wildman–Crippen MR) is 67.9 cm³/mol. The summed E-state index contributed by atoms with van der Waals surface area (Å²) < 4.78 is 4.52. The van der Waals surface area contributed by atoms with Gasteiger partial charge in [0, 0.05) is 12.6 Å². The molecule has 0 atom stereocenters. The van der Waals surface area contributed by atoms with Crippen LogP contribution < -0.4 is 5.32 Å². The lowest BCUT2D eigenvalue weighted by Crippen LogP contribution is -2.19. The number of hydrogen-bond acceptors (Lipinski definition) is 3. The van der Waals surface area contributed by atoms with Crippen LogP contribution in [-0.2, 0) is 14.3 Å². The molecule has 5 heteroatoms. The molecule has 0 aliphatic carbocycles. The zero-order valence-electron chi connectivity index (χ0n) is 10.1. The lowest BCUT2D eigenvalue weighted by molar-refractivity contribution is -0.144. The molecule has 2 radical (unpaired) electrons. The Morgan fingerprint density at radius 1 is 1.29 bits per heavy atom. The van der Waals surface area contributed by atoms with Gasteiger partial charge in [0.05, 0.1) is 7.85 Å². The highest BCUT2D eigenvalue weighted by Gasteiger charge is 2.03. The van der Waals surface area contributed by atoms with Crippen molar-refractivity contribution < 1.29 is 14.3 Å². The van der Waals surface area contributed by atoms with E-state index in [0.717, 1.165) is 6.32 Å². The van der Waals surface area contributed by atoms with Crippen molar-refractivity contribution in [1.82, 2.24) is 0 Å². The third kappa shape index (κ3) is 9.17. The molecule has 4 nitrogen and oxygen atoms in total. The Labute approximate surface area is 103 Å². The second-order valence-corrected chi connectivity index (χ2v) is 3.10. The molecule has 0 aliphatic heterocycles. The molecular formula is C12H16BNO3. The fourth-order valence-corrected chi connectivity index (χ4v) is 0.886. The summed E-state index contributed by atoms with van der Waals surface area (Å²) in [6.07, 6.45) is 0.750. The van der Waals surface area contributed by atoms with E-state index in [2.05, 4.69) is 10.1 Å². The van der Waals surface area contributed by atoms with Gasteiger partial charge in [0.2, 0.25) is 0 Å². The first-order chi connectivity index (χ1) is 8.10. The Morgan fingerprint density at radius 2 is 1.82 bits per heavy atom. The molecule has 0 aliphatic rings. The van der Waals surface area contributed by atoms with Crippen molar-refractivity contribution in [2.24, 2.45) is 0 Å². The Bertz CT molecular complexity index is 341. The monoisotopic (exact) mass is 233 g/mol. The van der Waals surface area contributed by atoms with E-state index in [1.165, 1.54) is 6.92 Å². The maximum Gasteiger partial charge on any atom is 0.303 e. The van der Waals surface area contributed by atoms with Crippen molar-refractivity contribution in [3.05, 3.63) is 30.3 Å². The first kappa shape index (κ1) is 15.2. The molecule has 0 aromatic heterocycles. The van der Waals surface area contributed by atoms with Crippen molar-refractivity contribution in [3.8, 4) is 0 Å². The normalized spacial score (nSPS) is 8.59. The van der Waals surface area contributed by atoms with E-state index in [1.54, 1.807) is 24.3 Å². The van der Waals surface area contributed by atoms with Crippen molar-refractivity contribution in [2.45, 2.75) is 20.2 Å². The molecule has 0 unspecified atom stereocenters. The molecular weight excluding hydrogens is 217 g/mol. The van der Waals surface area contributed by atoms with E-state index >= 15 is 0 Å². The number of esters is 1. The second-order valence-electron chi connectivity index (χ2n) is 3.10. The lowest BCUT2D eigenvalue weighted by atomic mass is 10.1. The van der Waals surface area contributed by atoms with Gasteiger partial charge in [-0.25, -0.2) is 0 Å². The van der Waals surface area contributed by atoms with Crippen LogP contribution in [0, 0.1) is 0 Å². The summed E-state index contributed by atoms with van der Waals surface area (Å²) in [5, 5.41) is 2.58. The number of carbonyl (C=O) groups is 2. The highest BCUT2D eigenvalue weighted by atomic mass is 16.5. The summed E-state index contributed by atoms with van der Waals surface area (Å²) in [7, 11) is 4.85. The van der Waals surface area contributed by atoms with Crippen LogP contribution in [0.4, 0.5) is 5.69 Å². The van der Waals surface area contributed by atoms with E-state index in [1.807, 2.05) is 13.0 Å². The predicted octanol–water partition coefficient (Wildman–Crippen LogP) is 1.78. The van der Waals surface area contributed by atoms with Crippen molar-refractivity contribution >= 4 is 25.4 Å². The number of ether oxygens (including phenoxy) is 1. The molecule has 0 saturated heterocycles. The number of nitrogens with one attached hydrogen (secondary N) is 1. The average molecular weight is 233 g/mol. The molecule has 0 fully saturated rings. The maximum atomic E-state index is 11.1. The van der Waals surface area contributed by atoms with Gasteiger partial charge in [0.15, 0.2) is 6.61 Å². The fourth-order valence-electron chi connectivity index (χ4n) is 0.886. The van der Waals surface area contributed by atoms with Gasteiger partial charge in [-0.05, 0) is 12.1 Å². The van der Waals surface area contributed by atoms with Crippen LogP contribution in [0.2, 0.25) is 6.32 Å². The van der Waals surface area contributed by atoms with Gasteiger partial charge in [-0.1, -0.05) is 31.4 Å². The average Bonchev–Trinajstić information content (AvgIpc) is 2.29. The van der Waals surface area contributed by atoms with Crippen LogP contribution >= 0.6 is 0 Å². The first-order valence-electron chi connectivity index (χ1n) is 5.28. The largest absolute Gasteiger partial charge is 0.456 e. The SMILES string of the molecule is CC(=O)OCC(=O)Nc1ccccc1.[B]CC. The minimum absolute atomic E-state index is 0.246. The number of amides is 1. The van der Waals surface area contributed by atoms with Crippen LogP contribution in [0.25, 0.3) is 0 Å². The van der Waals surface area contributed by atoms with E-state index in [-0.39, 0.29) is 12.5 Å². The molecule has 90 valence electrons. The van der Waals surface area contributed by atoms with Crippen molar-refractivity contribution in [2.75, 3.05) is 11.9 Å². The maximum absolute atomic E-state index is 11.1. The van der Waals surface area contributed by atoms with Crippen molar-refractivity contribution in [3.63, 3.8) is 0 Å². The number of carbonyl (C=O) groups excluding carboxylic acids is 2. The molecule has 0 saturated carbocycles. The minimum atomic E-state index is -0.465. The van der Waals surface area contributed by atoms with Crippen LogP contribution in [0.5, 0.6) is 0 Å². The van der Waals surface area contributed by atoms with Crippen LogP contribution in [0.15, 0.2) is 30.3 Å². The van der Waals surface area contributed by atoms with Gasteiger partial charge < -0.3 is 10.1 Å². The molecule has 1 N–H and O–H groups in total. The van der Waals surface area contributed by atoms with Crippen LogP contribution in [0.3, 0.4) is 0 Å². The minimum Gasteiger partial charge on any atom is -0.456 e. The first-order valence-corrected chi connectivity index (χ1v) is 5.28. The number of hydrogen-bond donors (Lipinski definition) is 1. The summed E-state index contributed by atoms with van der Waals surface area (Å²) in [6, 6.07) is 8.97. The number of para-hydroxylation sites is 1. The quantitative estimate of drug-likeness (QED) is 0.639. The molecule has 1 rings (SSSR count). The van der Waals surface area contributed by atoms with Gasteiger partial charge in [0.25, 0.3) is 5.91 Å². The van der Waals surface area contributed by atoms with Crippen molar-refractivity contribution in [1.29, 1.82) is 0 Å². The summed E-state index contributed by atoms with van der Waals surface area (Å²) in [6.45, 7) is 2.92. The number of anilines is 1. The van der Waals surface area contributed by atoms with Gasteiger partial charge in [-0.3, -0.25) is 9.59 Å². The summed E-state index contributed by atoms with van der Waals surface area (Å²) in [5.74, 6) is -0.806. The molecule has 1 amide bonds. The zero-order valence-corrected chi connectivity index (χ0v) is 10.1.